The van der Waals surface area contributed by atoms with Crippen LogP contribution in [0.25, 0.3) is 10.9 Å². The Hall–Kier alpha value is -2.04. The molecule has 2 heterocycles. The van der Waals surface area contributed by atoms with Gasteiger partial charge in [-0.1, -0.05) is 17.7 Å². The van der Waals surface area contributed by atoms with Gasteiger partial charge in [-0.25, -0.2) is 0 Å². The van der Waals surface area contributed by atoms with E-state index >= 15 is 0 Å². The average Bonchev–Trinajstić information content (AvgIpc) is 2.48. The largest absolute Gasteiger partial charge is 0.295 e. The second-order valence-electron chi connectivity index (χ2n) is 5.01. The minimum Gasteiger partial charge on any atom is -0.295 e. The minimum absolute atomic E-state index is 0.733. The summed E-state index contributed by atoms with van der Waals surface area (Å²) in [5.74, 6) is 0. The van der Waals surface area contributed by atoms with Crippen molar-refractivity contribution in [2.75, 3.05) is 7.05 Å². The Morgan fingerprint density at radius 3 is 2.71 bits per heavy atom. The van der Waals surface area contributed by atoms with Crippen molar-refractivity contribution in [3.8, 4) is 0 Å². The molecule has 0 spiro atoms. The predicted molar refractivity (Wildman–Crippen MR) is 84.0 cm³/mol. The lowest BCUT2D eigenvalue weighted by Crippen LogP contribution is -2.18. The van der Waals surface area contributed by atoms with Crippen molar-refractivity contribution < 1.29 is 0 Å². The van der Waals surface area contributed by atoms with Gasteiger partial charge < -0.3 is 0 Å². The molecule has 0 amide bonds. The normalized spacial score (nSPS) is 11.2. The van der Waals surface area contributed by atoms with E-state index in [0.29, 0.717) is 0 Å². The lowest BCUT2D eigenvalue weighted by molar-refractivity contribution is 0.311. The highest BCUT2D eigenvalue weighted by Gasteiger charge is 2.05. The Kier molecular flexibility index (Phi) is 4.08. The number of hydrogen-bond donors (Lipinski definition) is 0. The number of fused-ring (bicyclic) bond motifs is 1. The van der Waals surface area contributed by atoms with Crippen LogP contribution in [-0.4, -0.2) is 26.9 Å². The van der Waals surface area contributed by atoms with Gasteiger partial charge in [0.05, 0.1) is 16.9 Å². The van der Waals surface area contributed by atoms with Crippen molar-refractivity contribution in [3.05, 3.63) is 65.3 Å². The van der Waals surface area contributed by atoms with E-state index in [2.05, 4.69) is 25.9 Å². The maximum Gasteiger partial charge on any atom is 0.0726 e. The maximum atomic E-state index is 5.98. The summed E-state index contributed by atoms with van der Waals surface area (Å²) in [6, 6.07) is 9.83. The van der Waals surface area contributed by atoms with E-state index in [1.165, 1.54) is 0 Å². The fraction of sp³-hybridized carbons (Fsp3) is 0.188. The third kappa shape index (κ3) is 3.54. The molecule has 0 unspecified atom stereocenters. The molecule has 0 atom stereocenters. The summed E-state index contributed by atoms with van der Waals surface area (Å²) in [4.78, 5) is 15.2. The molecule has 0 saturated heterocycles. The first-order valence-corrected chi connectivity index (χ1v) is 7.07. The van der Waals surface area contributed by atoms with Gasteiger partial charge in [0, 0.05) is 42.1 Å². The van der Waals surface area contributed by atoms with Gasteiger partial charge >= 0.3 is 0 Å². The SMILES string of the molecule is CN(Cc1cnccn1)Cc1ccc2cc(Cl)ccc2n1. The molecule has 3 aromatic rings. The molecule has 0 fully saturated rings. The van der Waals surface area contributed by atoms with Gasteiger partial charge in [-0.15, -0.1) is 0 Å². The van der Waals surface area contributed by atoms with Crippen LogP contribution < -0.4 is 0 Å². The average molecular weight is 299 g/mol. The van der Waals surface area contributed by atoms with E-state index in [1.807, 2.05) is 31.3 Å². The molecular weight excluding hydrogens is 284 g/mol. The first-order valence-electron chi connectivity index (χ1n) is 6.69. The van der Waals surface area contributed by atoms with Gasteiger partial charge in [-0.05, 0) is 31.3 Å². The molecule has 0 radical (unpaired) electrons. The highest BCUT2D eigenvalue weighted by atomic mass is 35.5. The number of rotatable bonds is 4. The van der Waals surface area contributed by atoms with Gasteiger partial charge in [0.15, 0.2) is 0 Å². The summed E-state index contributed by atoms with van der Waals surface area (Å²) in [5.41, 5.74) is 2.94. The van der Waals surface area contributed by atoms with Crippen LogP contribution in [0, 0.1) is 0 Å². The number of halogens is 1. The number of hydrogen-bond acceptors (Lipinski definition) is 4. The van der Waals surface area contributed by atoms with E-state index in [9.17, 15) is 0 Å². The molecule has 0 aliphatic heterocycles. The van der Waals surface area contributed by atoms with E-state index in [1.54, 1.807) is 18.6 Å². The number of nitrogens with zero attached hydrogens (tertiary/aromatic N) is 4. The summed E-state index contributed by atoms with van der Waals surface area (Å²) >= 11 is 5.98. The third-order valence-corrected chi connectivity index (χ3v) is 3.42. The van der Waals surface area contributed by atoms with Gasteiger partial charge in [-0.3, -0.25) is 19.9 Å². The van der Waals surface area contributed by atoms with Crippen LogP contribution in [0.2, 0.25) is 5.02 Å². The van der Waals surface area contributed by atoms with Crippen LogP contribution in [0.5, 0.6) is 0 Å². The van der Waals surface area contributed by atoms with E-state index < -0.39 is 0 Å². The Bertz CT molecular complexity index is 746. The highest BCUT2D eigenvalue weighted by molar-refractivity contribution is 6.31. The maximum absolute atomic E-state index is 5.98. The zero-order valence-electron chi connectivity index (χ0n) is 11.7. The molecular formula is C16H15ClN4. The number of pyridine rings is 1. The van der Waals surface area contributed by atoms with Crippen LogP contribution in [-0.2, 0) is 13.1 Å². The molecule has 0 bridgehead atoms. The Balaban J connectivity index is 1.74. The first kappa shape index (κ1) is 13.9. The van der Waals surface area contributed by atoms with Crippen LogP contribution in [0.15, 0.2) is 48.9 Å². The summed E-state index contributed by atoms with van der Waals surface area (Å²) < 4.78 is 0. The van der Waals surface area contributed by atoms with Crippen LogP contribution in [0.1, 0.15) is 11.4 Å². The Morgan fingerprint density at radius 1 is 1.05 bits per heavy atom. The third-order valence-electron chi connectivity index (χ3n) is 3.19. The zero-order valence-corrected chi connectivity index (χ0v) is 12.5. The topological polar surface area (TPSA) is 41.9 Å². The molecule has 2 aromatic heterocycles. The quantitative estimate of drug-likeness (QED) is 0.741. The van der Waals surface area contributed by atoms with Crippen molar-refractivity contribution in [3.63, 3.8) is 0 Å². The minimum atomic E-state index is 0.733. The molecule has 0 aliphatic rings. The van der Waals surface area contributed by atoms with Crippen molar-refractivity contribution in [1.29, 1.82) is 0 Å². The summed E-state index contributed by atoms with van der Waals surface area (Å²) in [5, 5.41) is 1.79. The molecule has 5 heteroatoms. The van der Waals surface area contributed by atoms with Crippen LogP contribution in [0.4, 0.5) is 0 Å². The fourth-order valence-corrected chi connectivity index (χ4v) is 2.43. The molecule has 0 N–H and O–H groups in total. The molecule has 106 valence electrons. The zero-order chi connectivity index (χ0) is 14.7. The first-order chi connectivity index (χ1) is 10.2. The van der Waals surface area contributed by atoms with Crippen LogP contribution in [0.3, 0.4) is 0 Å². The van der Waals surface area contributed by atoms with E-state index in [-0.39, 0.29) is 0 Å². The van der Waals surface area contributed by atoms with Crippen molar-refractivity contribution in [2.45, 2.75) is 13.1 Å². The molecule has 0 saturated carbocycles. The van der Waals surface area contributed by atoms with E-state index in [0.717, 1.165) is 40.4 Å². The molecule has 1 aromatic carbocycles. The van der Waals surface area contributed by atoms with Gasteiger partial charge in [0.1, 0.15) is 0 Å². The second kappa shape index (κ2) is 6.16. The monoisotopic (exact) mass is 298 g/mol. The summed E-state index contributed by atoms with van der Waals surface area (Å²) in [6.07, 6.45) is 5.17. The van der Waals surface area contributed by atoms with Crippen molar-refractivity contribution in [1.82, 2.24) is 19.9 Å². The summed E-state index contributed by atoms with van der Waals surface area (Å²) in [7, 11) is 2.04. The van der Waals surface area contributed by atoms with Gasteiger partial charge in [-0.2, -0.15) is 0 Å². The predicted octanol–water partition coefficient (Wildman–Crippen LogP) is 3.31. The second-order valence-corrected chi connectivity index (χ2v) is 5.45. The summed E-state index contributed by atoms with van der Waals surface area (Å²) in [6.45, 7) is 1.50. The van der Waals surface area contributed by atoms with Gasteiger partial charge in [0.2, 0.25) is 0 Å². The fourth-order valence-electron chi connectivity index (χ4n) is 2.25. The highest BCUT2D eigenvalue weighted by Crippen LogP contribution is 2.18. The van der Waals surface area contributed by atoms with Gasteiger partial charge in [0.25, 0.3) is 0 Å². The molecule has 0 aliphatic carbocycles. The molecule has 3 rings (SSSR count). The molecule has 4 nitrogen and oxygen atoms in total. The Labute approximate surface area is 128 Å². The van der Waals surface area contributed by atoms with Crippen molar-refractivity contribution in [2.24, 2.45) is 0 Å². The number of aromatic nitrogens is 3. The smallest absolute Gasteiger partial charge is 0.0726 e. The standard InChI is InChI=1S/C16H15ClN4/c1-21(11-15-9-18-6-7-19-15)10-14-4-2-12-8-13(17)3-5-16(12)20-14/h2-9H,10-11H2,1H3. The molecule has 21 heavy (non-hydrogen) atoms. The van der Waals surface area contributed by atoms with Crippen LogP contribution >= 0.6 is 11.6 Å². The van der Waals surface area contributed by atoms with Crippen molar-refractivity contribution >= 4 is 22.5 Å². The number of benzene rings is 1. The Morgan fingerprint density at radius 2 is 1.90 bits per heavy atom. The lowest BCUT2D eigenvalue weighted by Gasteiger charge is -2.15. The van der Waals surface area contributed by atoms with E-state index in [4.69, 9.17) is 11.6 Å². The lowest BCUT2D eigenvalue weighted by atomic mass is 10.2.